The fourth-order valence-electron chi connectivity index (χ4n) is 3.69. The molecule has 0 radical (unpaired) electrons. The molecule has 0 aliphatic carbocycles. The summed E-state index contributed by atoms with van der Waals surface area (Å²) in [5.74, 6) is 0.450. The van der Waals surface area contributed by atoms with Crippen molar-refractivity contribution in [2.45, 2.75) is 24.3 Å². The molecule has 0 saturated carbocycles. The van der Waals surface area contributed by atoms with E-state index in [2.05, 4.69) is 31.2 Å². The van der Waals surface area contributed by atoms with Crippen LogP contribution in [0, 0.1) is 6.92 Å². The van der Waals surface area contributed by atoms with Crippen molar-refractivity contribution in [3.05, 3.63) is 87.0 Å². The average Bonchev–Trinajstić information content (AvgIpc) is 3.56. The zero-order valence-corrected chi connectivity index (χ0v) is 22.1. The highest BCUT2D eigenvalue weighted by atomic mass is 32.2. The Morgan fingerprint density at radius 1 is 1.11 bits per heavy atom. The molecule has 0 atom stereocenters. The molecule has 1 fully saturated rings. The molecule has 0 N–H and O–H groups in total. The molecule has 9 heteroatoms. The van der Waals surface area contributed by atoms with Crippen LogP contribution in [0.4, 0.5) is 0 Å². The maximum absolute atomic E-state index is 13.4. The number of benzene rings is 2. The minimum Gasteiger partial charge on any atom is -0.292 e. The first-order chi connectivity index (χ1) is 17.0. The number of para-hydroxylation sites is 2. The van der Waals surface area contributed by atoms with E-state index >= 15 is 0 Å². The minimum atomic E-state index is -0.148. The van der Waals surface area contributed by atoms with Crippen LogP contribution in [-0.2, 0) is 10.5 Å². The topological polar surface area (TPSA) is 55.2 Å². The Morgan fingerprint density at radius 3 is 2.69 bits per heavy atom. The molecule has 3 heterocycles. The van der Waals surface area contributed by atoms with E-state index < -0.39 is 0 Å². The van der Waals surface area contributed by atoms with Gasteiger partial charge in [0.05, 0.1) is 15.9 Å². The van der Waals surface area contributed by atoms with Crippen molar-refractivity contribution in [2.75, 3.05) is 6.54 Å². The van der Waals surface area contributed by atoms with Gasteiger partial charge < -0.3 is 0 Å². The Morgan fingerprint density at radius 2 is 1.91 bits per heavy atom. The van der Waals surface area contributed by atoms with Crippen molar-refractivity contribution in [1.82, 2.24) is 14.5 Å². The molecule has 5 rings (SSSR count). The summed E-state index contributed by atoms with van der Waals surface area (Å²) in [6.07, 6.45) is 2.01. The van der Waals surface area contributed by atoms with Gasteiger partial charge in [-0.1, -0.05) is 83.8 Å². The van der Waals surface area contributed by atoms with Gasteiger partial charge in [0.15, 0.2) is 5.16 Å². The molecule has 176 valence electrons. The number of carbonyl (C=O) groups excluding carboxylic acids is 2. The summed E-state index contributed by atoms with van der Waals surface area (Å²) in [6, 6.07) is 19.9. The quantitative estimate of drug-likeness (QED) is 0.150. The van der Waals surface area contributed by atoms with Crippen molar-refractivity contribution in [2.24, 2.45) is 0 Å². The van der Waals surface area contributed by atoms with E-state index in [1.807, 2.05) is 47.9 Å². The first kappa shape index (κ1) is 24.0. The van der Waals surface area contributed by atoms with Crippen molar-refractivity contribution >= 4 is 80.3 Å². The lowest BCUT2D eigenvalue weighted by Crippen LogP contribution is -2.31. The number of carbonyl (C=O) groups is 2. The van der Waals surface area contributed by atoms with Gasteiger partial charge in [0, 0.05) is 23.6 Å². The molecular weight excluding hydrogens is 515 g/mol. The highest BCUT2D eigenvalue weighted by molar-refractivity contribution is 8.26. The number of nitrogens with zero attached hydrogens (tertiary/aromatic N) is 3. The molecule has 0 unspecified atom stereocenters. The van der Waals surface area contributed by atoms with Crippen LogP contribution in [0.25, 0.3) is 17.1 Å². The lowest BCUT2D eigenvalue weighted by atomic mass is 10.2. The smallest absolute Gasteiger partial charge is 0.266 e. The summed E-state index contributed by atoms with van der Waals surface area (Å²) in [6.45, 7) is 2.30. The fourth-order valence-corrected chi connectivity index (χ4v) is 6.70. The predicted octanol–water partition coefficient (Wildman–Crippen LogP) is 6.63. The van der Waals surface area contributed by atoms with Crippen LogP contribution in [0.1, 0.15) is 27.2 Å². The number of fused-ring (bicyclic) bond motifs is 1. The number of rotatable bonds is 7. The van der Waals surface area contributed by atoms with E-state index in [4.69, 9.17) is 17.2 Å². The monoisotopic (exact) mass is 535 g/mol. The van der Waals surface area contributed by atoms with E-state index in [0.717, 1.165) is 15.9 Å². The Bertz CT molecular complexity index is 1440. The normalized spacial score (nSPS) is 15.0. The van der Waals surface area contributed by atoms with Gasteiger partial charge in [0.1, 0.15) is 4.32 Å². The highest BCUT2D eigenvalue weighted by Crippen LogP contribution is 2.34. The molecule has 1 aliphatic heterocycles. The zero-order valence-electron chi connectivity index (χ0n) is 18.8. The summed E-state index contributed by atoms with van der Waals surface area (Å²) >= 11 is 9.83. The van der Waals surface area contributed by atoms with Gasteiger partial charge in [-0.15, -0.1) is 11.3 Å². The number of thioether (sulfide) groups is 2. The molecule has 1 saturated heterocycles. The predicted molar refractivity (Wildman–Crippen MR) is 150 cm³/mol. The summed E-state index contributed by atoms with van der Waals surface area (Å²) in [5, 5.41) is 2.62. The molecule has 5 nitrogen and oxygen atoms in total. The Labute approximate surface area is 221 Å². The summed E-state index contributed by atoms with van der Waals surface area (Å²) in [4.78, 5) is 34.2. The van der Waals surface area contributed by atoms with Crippen LogP contribution in [0.2, 0.25) is 0 Å². The SMILES string of the molecule is Cc1ccc(CSc2nc3ccccc3n2C(=O)CCN2C(=O)/C(=C/c3cccs3)SC2=S)cc1. The first-order valence-corrected chi connectivity index (χ1v) is 14.1. The van der Waals surface area contributed by atoms with Crippen LogP contribution in [-0.4, -0.2) is 37.1 Å². The third-order valence-corrected chi connectivity index (χ3v) is 8.71. The fraction of sp³-hybridized carbons (Fsp3) is 0.154. The average molecular weight is 536 g/mol. The molecule has 2 aromatic carbocycles. The van der Waals surface area contributed by atoms with Crippen molar-refractivity contribution in [3.8, 4) is 0 Å². The number of hydrogen-bond acceptors (Lipinski definition) is 7. The van der Waals surface area contributed by atoms with E-state index in [0.29, 0.717) is 20.1 Å². The van der Waals surface area contributed by atoms with Crippen molar-refractivity contribution in [3.63, 3.8) is 0 Å². The molecule has 2 aromatic heterocycles. The van der Waals surface area contributed by atoms with Crippen molar-refractivity contribution in [1.29, 1.82) is 0 Å². The largest absolute Gasteiger partial charge is 0.292 e. The molecule has 1 amide bonds. The van der Waals surface area contributed by atoms with Crippen molar-refractivity contribution < 1.29 is 9.59 Å². The van der Waals surface area contributed by atoms with Gasteiger partial charge in [0.2, 0.25) is 5.91 Å². The Balaban J connectivity index is 1.33. The van der Waals surface area contributed by atoms with Crippen LogP contribution in [0.15, 0.2) is 76.1 Å². The van der Waals surface area contributed by atoms with E-state index in [-0.39, 0.29) is 24.8 Å². The lowest BCUT2D eigenvalue weighted by molar-refractivity contribution is -0.122. The maximum Gasteiger partial charge on any atom is 0.266 e. The highest BCUT2D eigenvalue weighted by Gasteiger charge is 2.32. The first-order valence-electron chi connectivity index (χ1n) is 11.0. The van der Waals surface area contributed by atoms with Gasteiger partial charge in [-0.3, -0.25) is 19.1 Å². The number of hydrogen-bond donors (Lipinski definition) is 0. The van der Waals surface area contributed by atoms with Gasteiger partial charge in [-0.05, 0) is 42.1 Å². The van der Waals surface area contributed by atoms with Crippen LogP contribution in [0.3, 0.4) is 0 Å². The minimum absolute atomic E-state index is 0.110. The number of aryl methyl sites for hydroxylation is 1. The summed E-state index contributed by atoms with van der Waals surface area (Å²) < 4.78 is 2.16. The van der Waals surface area contributed by atoms with E-state index in [1.165, 1.54) is 39.6 Å². The second-order valence-corrected chi connectivity index (χ2v) is 11.6. The third-order valence-electron chi connectivity index (χ3n) is 5.51. The molecule has 4 aromatic rings. The molecule has 35 heavy (non-hydrogen) atoms. The Kier molecular flexibility index (Phi) is 7.19. The number of thiocarbonyl (C=S) groups is 1. The number of amides is 1. The van der Waals surface area contributed by atoms with Crippen LogP contribution in [0.5, 0.6) is 0 Å². The van der Waals surface area contributed by atoms with Gasteiger partial charge in [-0.2, -0.15) is 0 Å². The van der Waals surface area contributed by atoms with Gasteiger partial charge in [-0.25, -0.2) is 4.98 Å². The molecule has 1 aliphatic rings. The maximum atomic E-state index is 13.4. The Hall–Kier alpha value is -2.72. The van der Waals surface area contributed by atoms with Gasteiger partial charge in [0.25, 0.3) is 5.91 Å². The summed E-state index contributed by atoms with van der Waals surface area (Å²) in [7, 11) is 0. The van der Waals surface area contributed by atoms with Crippen LogP contribution >= 0.6 is 47.1 Å². The number of imidazole rings is 1. The number of thiophene rings is 1. The second-order valence-electron chi connectivity index (χ2n) is 7.99. The van der Waals surface area contributed by atoms with E-state index in [9.17, 15) is 9.59 Å². The molecular formula is C26H21N3O2S4. The van der Waals surface area contributed by atoms with Crippen LogP contribution < -0.4 is 0 Å². The van der Waals surface area contributed by atoms with E-state index in [1.54, 1.807) is 15.9 Å². The summed E-state index contributed by atoms with van der Waals surface area (Å²) in [5.41, 5.74) is 3.92. The second kappa shape index (κ2) is 10.5. The standard InChI is InChI=1S/C26H21N3O2S4/c1-17-8-10-18(11-9-17)16-34-25-27-20-6-2-3-7-21(20)29(25)23(30)12-13-28-24(31)22(35-26(28)32)15-19-5-4-14-33-19/h2-11,14-15H,12-13,16H2,1H3/b22-15-. The molecule has 0 bridgehead atoms. The molecule has 0 spiro atoms. The third kappa shape index (κ3) is 5.28. The zero-order chi connectivity index (χ0) is 24.4. The number of aromatic nitrogens is 2. The lowest BCUT2D eigenvalue weighted by Gasteiger charge is -2.14. The van der Waals surface area contributed by atoms with Gasteiger partial charge >= 0.3 is 0 Å².